The first-order valence-corrected chi connectivity index (χ1v) is 7.19. The van der Waals surface area contributed by atoms with E-state index in [1.165, 1.54) is 6.33 Å². The van der Waals surface area contributed by atoms with E-state index in [0.717, 1.165) is 5.75 Å². The number of hydrogen-bond acceptors (Lipinski definition) is 4. The molecule has 2 rings (SSSR count). The Bertz CT molecular complexity index is 520. The number of aliphatic hydroxyl groups excluding tert-OH is 1. The van der Waals surface area contributed by atoms with Crippen molar-refractivity contribution < 1.29 is 9.84 Å². The minimum Gasteiger partial charge on any atom is -0.494 e. The number of rotatable bonds is 6. The van der Waals surface area contributed by atoms with Crippen molar-refractivity contribution >= 4 is 0 Å². The van der Waals surface area contributed by atoms with Gasteiger partial charge in [-0.2, -0.15) is 5.10 Å². The topological polar surface area (TPSA) is 71.0 Å². The van der Waals surface area contributed by atoms with E-state index in [9.17, 15) is 5.11 Å². The van der Waals surface area contributed by atoms with E-state index in [-0.39, 0.29) is 11.3 Å². The summed E-state index contributed by atoms with van der Waals surface area (Å²) in [5, 5.41) is 17.3. The maximum atomic E-state index is 10.6. The van der Waals surface area contributed by atoms with Crippen LogP contribution in [0.5, 0.6) is 5.75 Å². The van der Waals surface area contributed by atoms with Crippen molar-refractivity contribution in [2.45, 2.75) is 39.2 Å². The predicted octanol–water partition coefficient (Wildman–Crippen LogP) is 2.76. The van der Waals surface area contributed by atoms with Gasteiger partial charge in [-0.3, -0.25) is 5.10 Å². The SMILES string of the molecule is CC(C)(C)C(O)C(CCOc1ccccc1)c1ncn[nH]1. The van der Waals surface area contributed by atoms with Crippen molar-refractivity contribution in [2.75, 3.05) is 6.61 Å². The third kappa shape index (κ3) is 4.29. The van der Waals surface area contributed by atoms with Crippen LogP contribution in [-0.2, 0) is 0 Å². The maximum Gasteiger partial charge on any atom is 0.137 e. The summed E-state index contributed by atoms with van der Waals surface area (Å²) in [5.41, 5.74) is -0.232. The summed E-state index contributed by atoms with van der Waals surface area (Å²) in [6.45, 7) is 6.56. The van der Waals surface area contributed by atoms with Gasteiger partial charge in [0.05, 0.1) is 12.7 Å². The lowest BCUT2D eigenvalue weighted by molar-refractivity contribution is 0.0296. The second kappa shape index (κ2) is 6.72. The fraction of sp³-hybridized carbons (Fsp3) is 0.500. The van der Waals surface area contributed by atoms with Crippen molar-refractivity contribution in [2.24, 2.45) is 5.41 Å². The van der Waals surface area contributed by atoms with Crippen LogP contribution in [-0.4, -0.2) is 33.0 Å². The zero-order valence-electron chi connectivity index (χ0n) is 12.8. The molecule has 21 heavy (non-hydrogen) atoms. The molecular formula is C16H23N3O2. The van der Waals surface area contributed by atoms with Gasteiger partial charge in [0, 0.05) is 5.92 Å². The van der Waals surface area contributed by atoms with Crippen molar-refractivity contribution in [3.05, 3.63) is 42.5 Å². The van der Waals surface area contributed by atoms with Gasteiger partial charge in [0.15, 0.2) is 0 Å². The van der Waals surface area contributed by atoms with Gasteiger partial charge in [-0.25, -0.2) is 4.98 Å². The zero-order valence-corrected chi connectivity index (χ0v) is 12.8. The van der Waals surface area contributed by atoms with Gasteiger partial charge < -0.3 is 9.84 Å². The van der Waals surface area contributed by atoms with Crippen LogP contribution in [0, 0.1) is 5.41 Å². The van der Waals surface area contributed by atoms with E-state index in [2.05, 4.69) is 15.2 Å². The molecule has 1 heterocycles. The summed E-state index contributed by atoms with van der Waals surface area (Å²) in [5.74, 6) is 1.41. The van der Waals surface area contributed by atoms with Crippen LogP contribution in [0.4, 0.5) is 0 Å². The van der Waals surface area contributed by atoms with E-state index >= 15 is 0 Å². The molecule has 0 bridgehead atoms. The Morgan fingerprint density at radius 2 is 1.95 bits per heavy atom. The standard InChI is InChI=1S/C16H23N3O2/c1-16(2,3)14(20)13(15-17-11-18-19-15)9-10-21-12-7-5-4-6-8-12/h4-8,11,13-14,20H,9-10H2,1-3H3,(H,17,18,19). The molecule has 1 aromatic heterocycles. The van der Waals surface area contributed by atoms with Crippen LogP contribution >= 0.6 is 0 Å². The molecule has 0 spiro atoms. The summed E-state index contributed by atoms with van der Waals surface area (Å²) in [6.07, 6.45) is 1.61. The van der Waals surface area contributed by atoms with Crippen LogP contribution in [0.3, 0.4) is 0 Å². The Morgan fingerprint density at radius 1 is 1.24 bits per heavy atom. The molecule has 0 amide bonds. The fourth-order valence-corrected chi connectivity index (χ4v) is 2.26. The number of hydrogen-bond donors (Lipinski definition) is 2. The molecule has 114 valence electrons. The van der Waals surface area contributed by atoms with E-state index in [1.807, 2.05) is 51.1 Å². The highest BCUT2D eigenvalue weighted by Gasteiger charge is 2.33. The average molecular weight is 289 g/mol. The Kier molecular flexibility index (Phi) is 4.96. The molecule has 0 saturated carbocycles. The largest absolute Gasteiger partial charge is 0.494 e. The molecule has 5 heteroatoms. The lowest BCUT2D eigenvalue weighted by Gasteiger charge is -2.31. The van der Waals surface area contributed by atoms with Crippen molar-refractivity contribution in [1.29, 1.82) is 0 Å². The molecule has 0 radical (unpaired) electrons. The van der Waals surface area contributed by atoms with Crippen molar-refractivity contribution in [3.8, 4) is 5.75 Å². The second-order valence-corrected chi connectivity index (χ2v) is 6.24. The Balaban J connectivity index is 2.00. The smallest absolute Gasteiger partial charge is 0.137 e. The highest BCUT2D eigenvalue weighted by Crippen LogP contribution is 2.32. The normalized spacial score (nSPS) is 14.7. The van der Waals surface area contributed by atoms with E-state index in [0.29, 0.717) is 18.9 Å². The van der Waals surface area contributed by atoms with E-state index in [4.69, 9.17) is 4.74 Å². The highest BCUT2D eigenvalue weighted by atomic mass is 16.5. The number of nitrogens with zero attached hydrogens (tertiary/aromatic N) is 2. The van der Waals surface area contributed by atoms with Gasteiger partial charge >= 0.3 is 0 Å². The summed E-state index contributed by atoms with van der Waals surface area (Å²) < 4.78 is 5.72. The van der Waals surface area contributed by atoms with Gasteiger partial charge in [-0.05, 0) is 24.0 Å². The average Bonchev–Trinajstić information content (AvgIpc) is 2.97. The molecule has 1 aromatic carbocycles. The fourth-order valence-electron chi connectivity index (χ4n) is 2.26. The minimum absolute atomic E-state index is 0.129. The summed E-state index contributed by atoms with van der Waals surface area (Å²) in [7, 11) is 0. The van der Waals surface area contributed by atoms with Crippen LogP contribution in [0.25, 0.3) is 0 Å². The van der Waals surface area contributed by atoms with Crippen molar-refractivity contribution in [3.63, 3.8) is 0 Å². The molecule has 2 atom stereocenters. The van der Waals surface area contributed by atoms with Gasteiger partial charge in [0.25, 0.3) is 0 Å². The molecule has 0 saturated heterocycles. The molecule has 5 nitrogen and oxygen atoms in total. The van der Waals surface area contributed by atoms with Crippen LogP contribution in [0.15, 0.2) is 36.7 Å². The quantitative estimate of drug-likeness (QED) is 0.858. The van der Waals surface area contributed by atoms with Crippen LogP contribution in [0.2, 0.25) is 0 Å². The zero-order chi connectivity index (χ0) is 15.3. The monoisotopic (exact) mass is 289 g/mol. The highest BCUT2D eigenvalue weighted by molar-refractivity contribution is 5.20. The molecule has 0 fully saturated rings. The Morgan fingerprint density at radius 3 is 2.52 bits per heavy atom. The molecule has 0 aliphatic carbocycles. The first kappa shape index (κ1) is 15.5. The molecule has 0 aliphatic heterocycles. The number of aromatic amines is 1. The molecule has 2 aromatic rings. The number of ether oxygens (including phenoxy) is 1. The maximum absolute atomic E-state index is 10.6. The third-order valence-corrected chi connectivity index (χ3v) is 3.49. The number of aliphatic hydroxyl groups is 1. The number of para-hydroxylation sites is 1. The third-order valence-electron chi connectivity index (χ3n) is 3.49. The number of benzene rings is 1. The first-order chi connectivity index (χ1) is 9.98. The minimum atomic E-state index is -0.523. The van der Waals surface area contributed by atoms with E-state index < -0.39 is 6.10 Å². The Hall–Kier alpha value is -1.88. The summed E-state index contributed by atoms with van der Waals surface area (Å²) in [4.78, 5) is 4.19. The molecular weight excluding hydrogens is 266 g/mol. The molecule has 2 unspecified atom stereocenters. The number of nitrogens with one attached hydrogen (secondary N) is 1. The summed E-state index contributed by atoms with van der Waals surface area (Å²) in [6, 6.07) is 9.67. The van der Waals surface area contributed by atoms with Gasteiger partial charge in [-0.1, -0.05) is 39.0 Å². The Labute approximate surface area is 125 Å². The molecule has 2 N–H and O–H groups in total. The second-order valence-electron chi connectivity index (χ2n) is 6.24. The van der Waals surface area contributed by atoms with Gasteiger partial charge in [0.2, 0.25) is 0 Å². The van der Waals surface area contributed by atoms with Gasteiger partial charge in [0.1, 0.15) is 17.9 Å². The van der Waals surface area contributed by atoms with E-state index in [1.54, 1.807) is 0 Å². The summed E-state index contributed by atoms with van der Waals surface area (Å²) >= 11 is 0. The van der Waals surface area contributed by atoms with Crippen LogP contribution in [0.1, 0.15) is 38.9 Å². The first-order valence-electron chi connectivity index (χ1n) is 7.19. The number of H-pyrrole nitrogens is 1. The van der Waals surface area contributed by atoms with Gasteiger partial charge in [-0.15, -0.1) is 0 Å². The molecule has 0 aliphatic rings. The van der Waals surface area contributed by atoms with Crippen molar-refractivity contribution in [1.82, 2.24) is 15.2 Å². The number of aromatic nitrogens is 3. The lowest BCUT2D eigenvalue weighted by atomic mass is 9.79. The lowest BCUT2D eigenvalue weighted by Crippen LogP contribution is -2.34. The van der Waals surface area contributed by atoms with Crippen LogP contribution < -0.4 is 4.74 Å². The predicted molar refractivity (Wildman–Crippen MR) is 81.1 cm³/mol.